The van der Waals surface area contributed by atoms with Crippen LogP contribution in [-0.2, 0) is 26.4 Å². The summed E-state index contributed by atoms with van der Waals surface area (Å²) in [6.07, 6.45) is 3.10. The first kappa shape index (κ1) is 36.0. The second-order valence-corrected chi connectivity index (χ2v) is 11.4. The van der Waals surface area contributed by atoms with Crippen LogP contribution in [0.15, 0.2) is 78.9 Å². The van der Waals surface area contributed by atoms with Gasteiger partial charge in [0.1, 0.15) is 17.1 Å². The lowest BCUT2D eigenvalue weighted by Crippen LogP contribution is -2.42. The van der Waals surface area contributed by atoms with E-state index in [1.807, 2.05) is 78.9 Å². The summed E-state index contributed by atoms with van der Waals surface area (Å²) >= 11 is 0. The molecule has 0 bridgehead atoms. The lowest BCUT2D eigenvalue weighted by atomic mass is 9.81. The third-order valence-corrected chi connectivity index (χ3v) is 7.82. The lowest BCUT2D eigenvalue weighted by molar-refractivity contribution is -0.170. The van der Waals surface area contributed by atoms with Crippen molar-refractivity contribution in [3.05, 3.63) is 95.6 Å². The number of hydrogen-bond acceptors (Lipinski definition) is 8. The molecule has 1 fully saturated rings. The first-order valence-electron chi connectivity index (χ1n) is 15.2. The summed E-state index contributed by atoms with van der Waals surface area (Å²) in [5.74, 6) is -3.36. The Morgan fingerprint density at radius 2 is 1.28 bits per heavy atom. The maximum absolute atomic E-state index is 11.9. The predicted molar refractivity (Wildman–Crippen MR) is 170 cm³/mol. The van der Waals surface area contributed by atoms with Crippen molar-refractivity contribution in [2.24, 2.45) is 0 Å². The van der Waals surface area contributed by atoms with E-state index in [2.05, 4.69) is 4.90 Å². The minimum absolute atomic E-state index is 0.470. The van der Waals surface area contributed by atoms with Crippen LogP contribution in [0.25, 0.3) is 0 Å². The van der Waals surface area contributed by atoms with Gasteiger partial charge in [0.05, 0.1) is 26.6 Å². The molecule has 46 heavy (non-hydrogen) atoms. The molecule has 11 nitrogen and oxygen atoms in total. The van der Waals surface area contributed by atoms with E-state index in [0.717, 1.165) is 41.2 Å². The number of nitrogens with zero attached hydrogens (tertiary/aromatic N) is 1. The highest BCUT2D eigenvalue weighted by atomic mass is 16.5. The number of carboxylic acids is 3. The van der Waals surface area contributed by atoms with Gasteiger partial charge in [-0.15, -0.1) is 0 Å². The van der Waals surface area contributed by atoms with E-state index in [0.29, 0.717) is 6.42 Å². The Hall–Kier alpha value is -4.45. The Kier molecular flexibility index (Phi) is 13.5. The molecule has 4 rings (SSSR count). The third kappa shape index (κ3) is 10.9. The number of ether oxygens (including phenoxy) is 2. The molecule has 0 amide bonds. The summed E-state index contributed by atoms with van der Waals surface area (Å²) in [6.45, 7) is 4.41. The summed E-state index contributed by atoms with van der Waals surface area (Å²) in [4.78, 5) is 33.0. The van der Waals surface area contributed by atoms with Gasteiger partial charge in [0.2, 0.25) is 0 Å². The number of aliphatic carboxylic acids is 3. The molecule has 3 aromatic carbocycles. The maximum atomic E-state index is 11.9. The zero-order valence-electron chi connectivity index (χ0n) is 26.0. The van der Waals surface area contributed by atoms with Gasteiger partial charge in [-0.25, -0.2) is 4.79 Å². The molecule has 0 radical (unpaired) electrons. The quantitative estimate of drug-likeness (QED) is 0.143. The standard InChI is InChI=1S/C29H35NO3.C6H8O7/c1-32-27-15-11-24(12-16-27)23-29(31,25-9-3-2-4-10-25)26-13-17-28(18-14-26)33-22-8-7-21-30-19-5-6-20-30;7-3(8)1-6(13,5(11)12)2-4(9)10/h2-4,9-18,31H,5-8,19-23H2,1H3;13H,1-2H2,(H,7,8)(H,9,10)(H,11,12). The Morgan fingerprint density at radius 3 is 1.80 bits per heavy atom. The Labute approximate surface area is 268 Å². The number of likely N-dealkylation sites (tertiary alicyclic amines) is 1. The number of methoxy groups -OCH3 is 1. The molecule has 0 aromatic heterocycles. The van der Waals surface area contributed by atoms with Gasteiger partial charge >= 0.3 is 17.9 Å². The molecule has 248 valence electrons. The molecule has 11 heteroatoms. The summed E-state index contributed by atoms with van der Waals surface area (Å²) in [6, 6.07) is 25.6. The summed E-state index contributed by atoms with van der Waals surface area (Å²) in [5.41, 5.74) is -1.11. The van der Waals surface area contributed by atoms with Gasteiger partial charge in [-0.3, -0.25) is 9.59 Å². The van der Waals surface area contributed by atoms with Crippen molar-refractivity contribution in [2.75, 3.05) is 33.4 Å². The molecule has 3 aromatic rings. The Balaban J connectivity index is 0.000000376. The van der Waals surface area contributed by atoms with Gasteiger partial charge in [0.15, 0.2) is 5.60 Å². The van der Waals surface area contributed by atoms with Crippen LogP contribution in [0.1, 0.15) is 55.2 Å². The molecule has 5 N–H and O–H groups in total. The molecule has 1 aliphatic heterocycles. The number of benzene rings is 3. The highest BCUT2D eigenvalue weighted by molar-refractivity contribution is 5.88. The van der Waals surface area contributed by atoms with E-state index < -0.39 is 42.0 Å². The largest absolute Gasteiger partial charge is 0.497 e. The van der Waals surface area contributed by atoms with Gasteiger partial charge in [-0.05, 0) is 86.3 Å². The molecule has 1 unspecified atom stereocenters. The van der Waals surface area contributed by atoms with Crippen molar-refractivity contribution in [1.82, 2.24) is 4.90 Å². The average Bonchev–Trinajstić information content (AvgIpc) is 3.55. The van der Waals surface area contributed by atoms with E-state index in [-0.39, 0.29) is 0 Å². The molecule has 1 atom stereocenters. The first-order chi connectivity index (χ1) is 21.9. The smallest absolute Gasteiger partial charge is 0.336 e. The number of hydrogen-bond donors (Lipinski definition) is 5. The highest BCUT2D eigenvalue weighted by Crippen LogP contribution is 2.34. The van der Waals surface area contributed by atoms with Crippen molar-refractivity contribution in [3.63, 3.8) is 0 Å². The minimum Gasteiger partial charge on any atom is -0.497 e. The molecule has 1 heterocycles. The zero-order valence-corrected chi connectivity index (χ0v) is 26.0. The van der Waals surface area contributed by atoms with E-state index in [4.69, 9.17) is 29.9 Å². The highest BCUT2D eigenvalue weighted by Gasteiger charge is 2.40. The van der Waals surface area contributed by atoms with Crippen molar-refractivity contribution >= 4 is 17.9 Å². The average molecular weight is 638 g/mol. The summed E-state index contributed by atoms with van der Waals surface area (Å²) < 4.78 is 11.3. The Morgan fingerprint density at radius 1 is 0.739 bits per heavy atom. The zero-order chi connectivity index (χ0) is 33.6. The Bertz CT molecular complexity index is 1370. The van der Waals surface area contributed by atoms with Gasteiger partial charge in [0.25, 0.3) is 0 Å². The van der Waals surface area contributed by atoms with Crippen LogP contribution in [-0.4, -0.2) is 87.3 Å². The van der Waals surface area contributed by atoms with Gasteiger partial charge in [-0.2, -0.15) is 0 Å². The second-order valence-electron chi connectivity index (χ2n) is 11.4. The molecular weight excluding hydrogens is 594 g/mol. The predicted octanol–water partition coefficient (Wildman–Crippen LogP) is 4.18. The number of rotatable bonds is 16. The van der Waals surface area contributed by atoms with Crippen molar-refractivity contribution in [1.29, 1.82) is 0 Å². The molecule has 0 spiro atoms. The fourth-order valence-corrected chi connectivity index (χ4v) is 5.30. The van der Waals surface area contributed by atoms with Crippen LogP contribution in [0.5, 0.6) is 11.5 Å². The van der Waals surface area contributed by atoms with Crippen LogP contribution >= 0.6 is 0 Å². The third-order valence-electron chi connectivity index (χ3n) is 7.82. The van der Waals surface area contributed by atoms with Crippen LogP contribution in [0, 0.1) is 0 Å². The van der Waals surface area contributed by atoms with Crippen LogP contribution in [0.3, 0.4) is 0 Å². The fourth-order valence-electron chi connectivity index (χ4n) is 5.30. The first-order valence-corrected chi connectivity index (χ1v) is 15.2. The van der Waals surface area contributed by atoms with Crippen molar-refractivity contribution in [3.8, 4) is 11.5 Å². The molecular formula is C35H43NO10. The van der Waals surface area contributed by atoms with E-state index >= 15 is 0 Å². The van der Waals surface area contributed by atoms with E-state index in [9.17, 15) is 19.5 Å². The SMILES string of the molecule is COc1ccc(CC(O)(c2ccccc2)c2ccc(OCCCCN3CCCC3)cc2)cc1.O=C(O)CC(O)(CC(=O)O)C(=O)O. The van der Waals surface area contributed by atoms with Crippen LogP contribution in [0.4, 0.5) is 0 Å². The van der Waals surface area contributed by atoms with E-state index in [1.165, 1.54) is 38.9 Å². The number of carboxylic acid groups (broad SMARTS) is 3. The topological polar surface area (TPSA) is 174 Å². The van der Waals surface area contributed by atoms with Crippen molar-refractivity contribution < 1.29 is 49.4 Å². The number of carbonyl (C=O) groups is 3. The second kappa shape index (κ2) is 17.3. The summed E-state index contributed by atoms with van der Waals surface area (Å²) in [7, 11) is 1.66. The number of aliphatic hydroxyl groups is 2. The van der Waals surface area contributed by atoms with Crippen LogP contribution in [0.2, 0.25) is 0 Å². The molecule has 1 aliphatic rings. The van der Waals surface area contributed by atoms with Crippen molar-refractivity contribution in [2.45, 2.75) is 56.1 Å². The molecule has 0 saturated carbocycles. The minimum atomic E-state index is -2.74. The lowest BCUT2D eigenvalue weighted by Gasteiger charge is -2.30. The molecule has 1 saturated heterocycles. The normalized spacial score (nSPS) is 14.4. The molecule has 0 aliphatic carbocycles. The van der Waals surface area contributed by atoms with Gasteiger partial charge in [0, 0.05) is 6.42 Å². The van der Waals surface area contributed by atoms with E-state index in [1.54, 1.807) is 7.11 Å². The fraction of sp³-hybridized carbons (Fsp3) is 0.400. The van der Waals surface area contributed by atoms with Crippen LogP contribution < -0.4 is 9.47 Å². The monoisotopic (exact) mass is 637 g/mol. The number of unbranched alkanes of at least 4 members (excludes halogenated alkanes) is 1. The summed E-state index contributed by atoms with van der Waals surface area (Å²) in [5, 5.41) is 45.7. The maximum Gasteiger partial charge on any atom is 0.336 e. The van der Waals surface area contributed by atoms with Gasteiger partial charge in [-0.1, -0.05) is 54.6 Å². The van der Waals surface area contributed by atoms with Gasteiger partial charge < -0.3 is 39.9 Å².